The molecule has 0 atom stereocenters. The second-order valence-corrected chi connectivity index (χ2v) is 7.78. The topological polar surface area (TPSA) is 73.9 Å². The first-order valence-corrected chi connectivity index (χ1v) is 10.9. The fourth-order valence-electron chi connectivity index (χ4n) is 3.44. The molecule has 2 aromatic carbocycles. The normalized spacial score (nSPS) is 14.8. The molecule has 0 saturated carbocycles. The van der Waals surface area contributed by atoms with E-state index in [0.717, 1.165) is 49.1 Å². The molecule has 8 heteroatoms. The highest BCUT2D eigenvalue weighted by atomic mass is 35.5. The lowest BCUT2D eigenvalue weighted by atomic mass is 10.2. The van der Waals surface area contributed by atoms with Crippen molar-refractivity contribution in [1.29, 1.82) is 0 Å². The van der Waals surface area contributed by atoms with E-state index in [0.29, 0.717) is 25.4 Å². The van der Waals surface area contributed by atoms with Gasteiger partial charge in [0.2, 0.25) is 0 Å². The highest BCUT2D eigenvalue weighted by molar-refractivity contribution is 6.39. The van der Waals surface area contributed by atoms with Crippen LogP contribution in [0.15, 0.2) is 48.5 Å². The van der Waals surface area contributed by atoms with Crippen molar-refractivity contribution in [2.24, 2.45) is 0 Å². The van der Waals surface area contributed by atoms with E-state index in [1.807, 2.05) is 25.1 Å². The van der Waals surface area contributed by atoms with E-state index in [-0.39, 0.29) is 0 Å². The fourth-order valence-corrected chi connectivity index (χ4v) is 3.63. The molecule has 0 radical (unpaired) electrons. The molecular weight excluding hydrogens is 416 g/mol. The minimum atomic E-state index is -0.672. The smallest absolute Gasteiger partial charge is 0.313 e. The van der Waals surface area contributed by atoms with Gasteiger partial charge in [-0.15, -0.1) is 0 Å². The van der Waals surface area contributed by atoms with Gasteiger partial charge in [-0.05, 0) is 42.8 Å². The Hall–Kier alpha value is -2.61. The second-order valence-electron chi connectivity index (χ2n) is 7.38. The van der Waals surface area contributed by atoms with Gasteiger partial charge >= 0.3 is 11.8 Å². The van der Waals surface area contributed by atoms with Crippen LogP contribution in [0.25, 0.3) is 0 Å². The molecule has 7 nitrogen and oxygen atoms in total. The van der Waals surface area contributed by atoms with Gasteiger partial charge in [0.15, 0.2) is 0 Å². The second kappa shape index (κ2) is 11.7. The molecule has 1 aliphatic heterocycles. The number of hydrogen-bond acceptors (Lipinski definition) is 5. The van der Waals surface area contributed by atoms with Crippen LogP contribution in [0, 0.1) is 0 Å². The van der Waals surface area contributed by atoms with Crippen molar-refractivity contribution in [3.05, 3.63) is 59.1 Å². The van der Waals surface area contributed by atoms with Gasteiger partial charge in [-0.3, -0.25) is 19.4 Å². The first-order chi connectivity index (χ1) is 15.0. The lowest BCUT2D eigenvalue weighted by Crippen LogP contribution is -2.48. The average Bonchev–Trinajstić information content (AvgIpc) is 2.78. The molecule has 1 heterocycles. The molecule has 0 aromatic heterocycles. The minimum Gasteiger partial charge on any atom is -0.494 e. The molecule has 3 rings (SSSR count). The Kier molecular flexibility index (Phi) is 8.70. The number of piperazine rings is 1. The number of nitrogens with one attached hydrogen (secondary N) is 2. The quantitative estimate of drug-likeness (QED) is 0.612. The van der Waals surface area contributed by atoms with Gasteiger partial charge in [0.25, 0.3) is 0 Å². The monoisotopic (exact) mass is 444 g/mol. The van der Waals surface area contributed by atoms with Crippen molar-refractivity contribution in [1.82, 2.24) is 15.1 Å². The van der Waals surface area contributed by atoms with E-state index in [2.05, 4.69) is 26.5 Å². The number of carbonyl (C=O) groups is 2. The Morgan fingerprint density at radius 2 is 1.65 bits per heavy atom. The van der Waals surface area contributed by atoms with Gasteiger partial charge in [-0.1, -0.05) is 29.8 Å². The number of halogens is 1. The molecule has 1 aliphatic rings. The van der Waals surface area contributed by atoms with E-state index in [1.54, 1.807) is 24.3 Å². The predicted molar refractivity (Wildman–Crippen MR) is 122 cm³/mol. The molecule has 2 N–H and O–H groups in total. The van der Waals surface area contributed by atoms with Gasteiger partial charge in [0, 0.05) is 56.5 Å². The van der Waals surface area contributed by atoms with Gasteiger partial charge in [-0.2, -0.15) is 0 Å². The Morgan fingerprint density at radius 1 is 0.968 bits per heavy atom. The van der Waals surface area contributed by atoms with Crippen LogP contribution in [0.4, 0.5) is 5.69 Å². The summed E-state index contributed by atoms with van der Waals surface area (Å²) in [6, 6.07) is 14.8. The van der Waals surface area contributed by atoms with E-state index >= 15 is 0 Å². The maximum Gasteiger partial charge on any atom is 0.313 e. The molecule has 166 valence electrons. The first kappa shape index (κ1) is 23.1. The number of hydrogen-bond donors (Lipinski definition) is 2. The number of benzene rings is 2. The van der Waals surface area contributed by atoms with Crippen molar-refractivity contribution in [2.75, 3.05) is 51.2 Å². The Bertz CT molecular complexity index is 867. The molecule has 0 unspecified atom stereocenters. The summed E-state index contributed by atoms with van der Waals surface area (Å²) in [4.78, 5) is 28.8. The van der Waals surface area contributed by atoms with Crippen LogP contribution in [-0.4, -0.2) is 67.5 Å². The maximum atomic E-state index is 12.1. The van der Waals surface area contributed by atoms with Gasteiger partial charge in [0.1, 0.15) is 5.75 Å². The SMILES string of the molecule is CCOc1ccc(NC(=O)C(=O)NCCN2CCN(Cc3ccccc3Cl)CC2)cc1. The van der Waals surface area contributed by atoms with Crippen LogP contribution >= 0.6 is 11.6 Å². The number of nitrogens with zero attached hydrogens (tertiary/aromatic N) is 2. The van der Waals surface area contributed by atoms with Gasteiger partial charge in [-0.25, -0.2) is 0 Å². The summed E-state index contributed by atoms with van der Waals surface area (Å²) in [5.74, 6) is -0.586. The summed E-state index contributed by atoms with van der Waals surface area (Å²) in [6.07, 6.45) is 0. The zero-order valence-corrected chi connectivity index (χ0v) is 18.5. The largest absolute Gasteiger partial charge is 0.494 e. The third kappa shape index (κ3) is 7.24. The molecule has 1 saturated heterocycles. The third-order valence-electron chi connectivity index (χ3n) is 5.16. The minimum absolute atomic E-state index is 0.431. The molecular formula is C23H29ClN4O3. The van der Waals surface area contributed by atoms with Crippen LogP contribution in [0.1, 0.15) is 12.5 Å². The summed E-state index contributed by atoms with van der Waals surface area (Å²) in [6.45, 7) is 8.18. The lowest BCUT2D eigenvalue weighted by Gasteiger charge is -2.34. The molecule has 1 fully saturated rings. The summed E-state index contributed by atoms with van der Waals surface area (Å²) < 4.78 is 5.36. The molecule has 0 spiro atoms. The molecule has 0 bridgehead atoms. The van der Waals surface area contributed by atoms with Crippen molar-refractivity contribution in [2.45, 2.75) is 13.5 Å². The molecule has 0 aliphatic carbocycles. The highest BCUT2D eigenvalue weighted by Crippen LogP contribution is 2.18. The fraction of sp³-hybridized carbons (Fsp3) is 0.391. The zero-order valence-electron chi connectivity index (χ0n) is 17.8. The molecule has 2 amide bonds. The summed E-state index contributed by atoms with van der Waals surface area (Å²) in [5, 5.41) is 6.09. The van der Waals surface area contributed by atoms with E-state index in [1.165, 1.54) is 0 Å². The first-order valence-electron chi connectivity index (χ1n) is 10.6. The summed E-state index contributed by atoms with van der Waals surface area (Å²) >= 11 is 6.25. The number of carbonyl (C=O) groups excluding carboxylic acids is 2. The van der Waals surface area contributed by atoms with Crippen molar-refractivity contribution in [3.8, 4) is 5.75 Å². The third-order valence-corrected chi connectivity index (χ3v) is 5.53. The van der Waals surface area contributed by atoms with Crippen LogP contribution in [0.5, 0.6) is 5.75 Å². The Morgan fingerprint density at radius 3 is 2.32 bits per heavy atom. The van der Waals surface area contributed by atoms with Crippen LogP contribution in [0.3, 0.4) is 0 Å². The molecule has 31 heavy (non-hydrogen) atoms. The predicted octanol–water partition coefficient (Wildman–Crippen LogP) is 2.61. The Labute approximate surface area is 188 Å². The van der Waals surface area contributed by atoms with Crippen molar-refractivity contribution in [3.63, 3.8) is 0 Å². The van der Waals surface area contributed by atoms with Crippen LogP contribution in [-0.2, 0) is 16.1 Å². The van der Waals surface area contributed by atoms with Gasteiger partial charge in [0.05, 0.1) is 6.61 Å². The Balaban J connectivity index is 1.33. The lowest BCUT2D eigenvalue weighted by molar-refractivity contribution is -0.136. The number of anilines is 1. The maximum absolute atomic E-state index is 12.1. The molecule has 2 aromatic rings. The number of amides is 2. The summed E-state index contributed by atoms with van der Waals surface area (Å²) in [7, 11) is 0. The van der Waals surface area contributed by atoms with Crippen LogP contribution in [0.2, 0.25) is 5.02 Å². The highest BCUT2D eigenvalue weighted by Gasteiger charge is 2.18. The summed E-state index contributed by atoms with van der Waals surface area (Å²) in [5.41, 5.74) is 1.70. The van der Waals surface area contributed by atoms with Crippen molar-refractivity contribution >= 4 is 29.1 Å². The van der Waals surface area contributed by atoms with E-state index in [4.69, 9.17) is 16.3 Å². The van der Waals surface area contributed by atoms with Gasteiger partial charge < -0.3 is 15.4 Å². The van der Waals surface area contributed by atoms with E-state index in [9.17, 15) is 9.59 Å². The zero-order chi connectivity index (χ0) is 22.1. The van der Waals surface area contributed by atoms with Crippen molar-refractivity contribution < 1.29 is 14.3 Å². The number of ether oxygens (including phenoxy) is 1. The average molecular weight is 445 g/mol. The number of rotatable bonds is 8. The van der Waals surface area contributed by atoms with E-state index < -0.39 is 11.8 Å². The van der Waals surface area contributed by atoms with Crippen LogP contribution < -0.4 is 15.4 Å². The standard InChI is InChI=1S/C23H29ClN4O3/c1-2-31-20-9-7-19(8-10-20)26-23(30)22(29)25-11-12-27-13-15-28(16-14-27)17-18-5-3-4-6-21(18)24/h3-10H,2,11-17H2,1H3,(H,25,29)(H,26,30).